The lowest BCUT2D eigenvalue weighted by Gasteiger charge is -2.25. The van der Waals surface area contributed by atoms with E-state index in [1.54, 1.807) is 0 Å². The fourth-order valence-electron chi connectivity index (χ4n) is 7.62. The first-order valence-electron chi connectivity index (χ1n) is 18.8. The molecule has 0 saturated carbocycles. The number of hydrogen-bond donors (Lipinski definition) is 0. The smallest absolute Gasteiger partial charge is 0.137 e. The first-order chi connectivity index (χ1) is 25.5. The van der Waals surface area contributed by atoms with Crippen molar-refractivity contribution in [2.75, 3.05) is 16.5 Å². The van der Waals surface area contributed by atoms with E-state index in [0.717, 1.165) is 45.3 Å². The standard InChI is InChI=1S/C48H48N4O/c1-32(2)40-17-13-18-41(33(3)4)47(40)34-26-37(51-25-24-50(31-51)36-14-9-8-10-15-36)29-39(27-34)53-38-20-21-43-42-16-11-12-19-44(42)52(45(43)30-38)46-28-35(22-23-49-46)48(5,6)7/h8-30,32-33H,31H2,1-7H3. The normalized spacial score (nSPS) is 13.3. The molecule has 53 heavy (non-hydrogen) atoms. The molecule has 0 atom stereocenters. The van der Waals surface area contributed by atoms with Crippen LogP contribution in [0.3, 0.4) is 0 Å². The molecule has 5 heteroatoms. The van der Waals surface area contributed by atoms with E-state index in [1.165, 1.54) is 33.0 Å². The van der Waals surface area contributed by atoms with Crippen LogP contribution in [0.15, 0.2) is 140 Å². The molecule has 0 fully saturated rings. The fourth-order valence-corrected chi connectivity index (χ4v) is 7.62. The van der Waals surface area contributed by atoms with Gasteiger partial charge in [-0.2, -0.15) is 0 Å². The SMILES string of the molecule is CC(C)c1cccc(C(C)C)c1-c1cc(Oc2ccc3c4ccccc4n(-c4cc(C(C)(C)C)ccn4)c3c2)cc(N2C=CN(c3ccccc3)C2)c1. The second-order valence-electron chi connectivity index (χ2n) is 15.8. The molecule has 0 unspecified atom stereocenters. The average Bonchev–Trinajstić information content (AvgIpc) is 3.78. The third kappa shape index (κ3) is 6.57. The van der Waals surface area contributed by atoms with Crippen LogP contribution < -0.4 is 14.5 Å². The Hall–Kier alpha value is -5.81. The number of ether oxygens (including phenoxy) is 1. The molecule has 0 aliphatic carbocycles. The van der Waals surface area contributed by atoms with Crippen LogP contribution in [0, 0.1) is 0 Å². The highest BCUT2D eigenvalue weighted by Gasteiger charge is 2.22. The molecular weight excluding hydrogens is 649 g/mol. The summed E-state index contributed by atoms with van der Waals surface area (Å²) in [7, 11) is 0. The maximum Gasteiger partial charge on any atom is 0.137 e. The van der Waals surface area contributed by atoms with Gasteiger partial charge in [-0.05, 0) is 99.7 Å². The molecule has 1 aliphatic rings. The van der Waals surface area contributed by atoms with E-state index < -0.39 is 0 Å². The monoisotopic (exact) mass is 696 g/mol. The van der Waals surface area contributed by atoms with Crippen molar-refractivity contribution in [1.29, 1.82) is 0 Å². The molecule has 5 aromatic carbocycles. The zero-order chi connectivity index (χ0) is 36.9. The van der Waals surface area contributed by atoms with Gasteiger partial charge in [0.15, 0.2) is 0 Å². The number of aromatic nitrogens is 2. The van der Waals surface area contributed by atoms with Crippen molar-refractivity contribution in [3.63, 3.8) is 0 Å². The second kappa shape index (κ2) is 13.6. The van der Waals surface area contributed by atoms with Crippen LogP contribution in [0.5, 0.6) is 11.5 Å². The Labute approximate surface area is 313 Å². The molecule has 0 amide bonds. The molecule has 0 bridgehead atoms. The van der Waals surface area contributed by atoms with E-state index in [-0.39, 0.29) is 5.41 Å². The lowest BCUT2D eigenvalue weighted by molar-refractivity contribution is 0.483. The molecule has 0 spiro atoms. The summed E-state index contributed by atoms with van der Waals surface area (Å²) >= 11 is 0. The summed E-state index contributed by atoms with van der Waals surface area (Å²) in [5.74, 6) is 3.21. The summed E-state index contributed by atoms with van der Waals surface area (Å²) in [5, 5.41) is 2.36. The van der Waals surface area contributed by atoms with Gasteiger partial charge in [-0.1, -0.05) is 103 Å². The van der Waals surface area contributed by atoms with Crippen molar-refractivity contribution >= 4 is 33.2 Å². The van der Waals surface area contributed by atoms with Gasteiger partial charge in [-0.25, -0.2) is 4.98 Å². The van der Waals surface area contributed by atoms with Gasteiger partial charge in [0.25, 0.3) is 0 Å². The highest BCUT2D eigenvalue weighted by atomic mass is 16.5. The highest BCUT2D eigenvalue weighted by molar-refractivity contribution is 6.09. The third-order valence-electron chi connectivity index (χ3n) is 10.4. The second-order valence-corrected chi connectivity index (χ2v) is 15.8. The van der Waals surface area contributed by atoms with Crippen LogP contribution in [0.25, 0.3) is 38.8 Å². The first-order valence-corrected chi connectivity index (χ1v) is 18.8. The maximum atomic E-state index is 6.93. The Bertz CT molecular complexity index is 2440. The number of fused-ring (bicyclic) bond motifs is 3. The van der Waals surface area contributed by atoms with Gasteiger partial charge in [0.2, 0.25) is 0 Å². The summed E-state index contributed by atoms with van der Waals surface area (Å²) in [5.41, 5.74) is 10.8. The molecule has 2 aromatic heterocycles. The van der Waals surface area contributed by atoms with Gasteiger partial charge in [0.1, 0.15) is 17.3 Å². The molecule has 1 aliphatic heterocycles. The summed E-state index contributed by atoms with van der Waals surface area (Å²) in [6.45, 7) is 16.6. The predicted octanol–water partition coefficient (Wildman–Crippen LogP) is 12.9. The van der Waals surface area contributed by atoms with Gasteiger partial charge in [0.05, 0.1) is 17.7 Å². The minimum atomic E-state index is -0.000273. The molecule has 8 rings (SSSR count). The molecule has 0 saturated heterocycles. The van der Waals surface area contributed by atoms with Crippen molar-refractivity contribution in [1.82, 2.24) is 9.55 Å². The molecule has 3 heterocycles. The number of benzene rings is 5. The summed E-state index contributed by atoms with van der Waals surface area (Å²) < 4.78 is 9.20. The van der Waals surface area contributed by atoms with E-state index in [2.05, 4.69) is 197 Å². The highest BCUT2D eigenvalue weighted by Crippen LogP contribution is 2.42. The van der Waals surface area contributed by atoms with Crippen molar-refractivity contribution in [2.24, 2.45) is 0 Å². The molecule has 0 N–H and O–H groups in total. The van der Waals surface area contributed by atoms with Gasteiger partial charge in [0, 0.05) is 52.9 Å². The minimum Gasteiger partial charge on any atom is -0.457 e. The van der Waals surface area contributed by atoms with E-state index in [1.807, 2.05) is 6.20 Å². The van der Waals surface area contributed by atoms with Crippen LogP contribution in [0.2, 0.25) is 0 Å². The van der Waals surface area contributed by atoms with Crippen molar-refractivity contribution in [3.8, 4) is 28.4 Å². The molecule has 266 valence electrons. The minimum absolute atomic E-state index is 0.000273. The Balaban J connectivity index is 1.26. The van der Waals surface area contributed by atoms with Gasteiger partial charge < -0.3 is 14.5 Å². The van der Waals surface area contributed by atoms with Gasteiger partial charge >= 0.3 is 0 Å². The van der Waals surface area contributed by atoms with Crippen molar-refractivity contribution in [3.05, 3.63) is 157 Å². The summed E-state index contributed by atoms with van der Waals surface area (Å²) in [6, 6.07) is 43.4. The van der Waals surface area contributed by atoms with Gasteiger partial charge in [-0.3, -0.25) is 4.57 Å². The topological polar surface area (TPSA) is 33.5 Å². The van der Waals surface area contributed by atoms with E-state index >= 15 is 0 Å². The zero-order valence-corrected chi connectivity index (χ0v) is 31.8. The number of nitrogens with zero attached hydrogens (tertiary/aromatic N) is 4. The van der Waals surface area contributed by atoms with E-state index in [9.17, 15) is 0 Å². The quantitative estimate of drug-likeness (QED) is 0.158. The Morgan fingerprint density at radius 3 is 2.00 bits per heavy atom. The van der Waals surface area contributed by atoms with Gasteiger partial charge in [-0.15, -0.1) is 0 Å². The van der Waals surface area contributed by atoms with Crippen LogP contribution in [-0.2, 0) is 5.41 Å². The lowest BCUT2D eigenvalue weighted by atomic mass is 9.85. The summed E-state index contributed by atoms with van der Waals surface area (Å²) in [6.07, 6.45) is 6.24. The Morgan fingerprint density at radius 1 is 0.604 bits per heavy atom. The Morgan fingerprint density at radius 2 is 1.28 bits per heavy atom. The largest absolute Gasteiger partial charge is 0.457 e. The molecule has 5 nitrogen and oxygen atoms in total. The Kier molecular flexibility index (Phi) is 8.82. The van der Waals surface area contributed by atoms with Crippen LogP contribution in [0.1, 0.15) is 77.0 Å². The van der Waals surface area contributed by atoms with E-state index in [4.69, 9.17) is 9.72 Å². The zero-order valence-electron chi connectivity index (χ0n) is 31.8. The van der Waals surface area contributed by atoms with Crippen LogP contribution in [0.4, 0.5) is 11.4 Å². The third-order valence-corrected chi connectivity index (χ3v) is 10.4. The fraction of sp³-hybridized carbons (Fsp3) is 0.229. The molecule has 0 radical (unpaired) electrons. The van der Waals surface area contributed by atoms with E-state index in [0.29, 0.717) is 18.5 Å². The number of anilines is 2. The molecular formula is C48H48N4O. The maximum absolute atomic E-state index is 6.93. The van der Waals surface area contributed by atoms with Crippen LogP contribution in [-0.4, -0.2) is 16.2 Å². The number of hydrogen-bond acceptors (Lipinski definition) is 4. The molecule has 7 aromatic rings. The van der Waals surface area contributed by atoms with Crippen molar-refractivity contribution in [2.45, 2.75) is 65.7 Å². The predicted molar refractivity (Wildman–Crippen MR) is 223 cm³/mol. The first kappa shape index (κ1) is 34.3. The van der Waals surface area contributed by atoms with Crippen LogP contribution >= 0.6 is 0 Å². The average molecular weight is 697 g/mol. The lowest BCUT2D eigenvalue weighted by Crippen LogP contribution is -2.24. The number of para-hydroxylation sites is 2. The summed E-state index contributed by atoms with van der Waals surface area (Å²) in [4.78, 5) is 9.45. The number of pyridine rings is 1. The van der Waals surface area contributed by atoms with Crippen molar-refractivity contribution < 1.29 is 4.74 Å². The number of rotatable bonds is 8.